The summed E-state index contributed by atoms with van der Waals surface area (Å²) in [5.74, 6) is 0.221. The number of para-hydroxylation sites is 2. The van der Waals surface area contributed by atoms with E-state index in [-0.39, 0.29) is 12.5 Å². The molecular weight excluding hydrogens is 304 g/mol. The number of hydrogen-bond donors (Lipinski definition) is 2. The highest BCUT2D eigenvalue weighted by atomic mass is 32.1. The van der Waals surface area contributed by atoms with Crippen molar-refractivity contribution in [3.8, 4) is 11.5 Å². The van der Waals surface area contributed by atoms with E-state index in [1.807, 2.05) is 13.0 Å². The fraction of sp³-hybridized carbons (Fsp3) is 0.200. The smallest absolute Gasteiger partial charge is 0.279 e. The average Bonchev–Trinajstić information content (AvgIpc) is 3.06. The lowest BCUT2D eigenvalue weighted by molar-refractivity contribution is -0.123. The van der Waals surface area contributed by atoms with Gasteiger partial charge in [0.15, 0.2) is 18.1 Å². The molecule has 1 heterocycles. The lowest BCUT2D eigenvalue weighted by atomic mass is 10.3. The van der Waals surface area contributed by atoms with Crippen molar-refractivity contribution in [3.05, 3.63) is 46.7 Å². The van der Waals surface area contributed by atoms with Crippen LogP contribution in [0.5, 0.6) is 11.5 Å². The number of thiophene rings is 1. The Morgan fingerprint density at radius 3 is 2.41 bits per heavy atom. The Labute approximate surface area is 132 Å². The fourth-order valence-electron chi connectivity index (χ4n) is 1.62. The predicted molar refractivity (Wildman–Crippen MR) is 83.0 cm³/mol. The molecule has 1 aromatic heterocycles. The molecule has 2 amide bonds. The summed E-state index contributed by atoms with van der Waals surface area (Å²) in [6.45, 7) is 2.14. The maximum Gasteiger partial charge on any atom is 0.279 e. The summed E-state index contributed by atoms with van der Waals surface area (Å²) in [6.07, 6.45) is 0. The lowest BCUT2D eigenvalue weighted by Crippen LogP contribution is -2.43. The molecule has 0 aliphatic carbocycles. The maximum atomic E-state index is 11.7. The molecular formula is C15H16N2O4S. The molecule has 2 rings (SSSR count). The first-order chi connectivity index (χ1) is 10.7. The fourth-order valence-corrected chi connectivity index (χ4v) is 2.24. The molecule has 7 heteroatoms. The average molecular weight is 320 g/mol. The Kier molecular flexibility index (Phi) is 5.79. The highest BCUT2D eigenvalue weighted by molar-refractivity contribution is 7.12. The molecule has 22 heavy (non-hydrogen) atoms. The number of rotatable bonds is 6. The van der Waals surface area contributed by atoms with Crippen LogP contribution in [0.1, 0.15) is 16.6 Å². The van der Waals surface area contributed by atoms with Gasteiger partial charge < -0.3 is 9.47 Å². The van der Waals surface area contributed by atoms with Crippen molar-refractivity contribution in [2.24, 2.45) is 0 Å². The molecule has 0 aliphatic rings. The summed E-state index contributed by atoms with van der Waals surface area (Å²) in [7, 11) is 0. The first kappa shape index (κ1) is 15.8. The number of hydrogen-bond acceptors (Lipinski definition) is 5. The Hall–Kier alpha value is -2.54. The number of nitrogens with one attached hydrogen (secondary N) is 2. The van der Waals surface area contributed by atoms with E-state index >= 15 is 0 Å². The first-order valence-corrected chi connectivity index (χ1v) is 7.56. The Balaban J connectivity index is 1.79. The van der Waals surface area contributed by atoms with E-state index in [1.54, 1.807) is 35.7 Å². The molecule has 0 bridgehead atoms. The molecule has 0 saturated heterocycles. The molecule has 0 aliphatic heterocycles. The van der Waals surface area contributed by atoms with Crippen LogP contribution in [0, 0.1) is 0 Å². The zero-order valence-corrected chi connectivity index (χ0v) is 12.8. The topological polar surface area (TPSA) is 76.7 Å². The molecule has 2 N–H and O–H groups in total. The Morgan fingerprint density at radius 2 is 1.77 bits per heavy atom. The number of hydrazine groups is 1. The van der Waals surface area contributed by atoms with Crippen LogP contribution in [-0.4, -0.2) is 25.0 Å². The van der Waals surface area contributed by atoms with Crippen molar-refractivity contribution in [3.63, 3.8) is 0 Å². The largest absolute Gasteiger partial charge is 0.490 e. The van der Waals surface area contributed by atoms with E-state index in [9.17, 15) is 9.59 Å². The van der Waals surface area contributed by atoms with E-state index in [0.29, 0.717) is 23.0 Å². The quantitative estimate of drug-likeness (QED) is 0.798. The van der Waals surface area contributed by atoms with Crippen LogP contribution in [0.3, 0.4) is 0 Å². The molecule has 6 nitrogen and oxygen atoms in total. The van der Waals surface area contributed by atoms with Gasteiger partial charge in [0.05, 0.1) is 11.5 Å². The van der Waals surface area contributed by atoms with Gasteiger partial charge in [0.1, 0.15) is 0 Å². The predicted octanol–water partition coefficient (Wildman–Crippen LogP) is 1.99. The first-order valence-electron chi connectivity index (χ1n) is 6.68. The summed E-state index contributed by atoms with van der Waals surface area (Å²) in [5, 5.41) is 1.78. The molecule has 2 aromatic rings. The summed E-state index contributed by atoms with van der Waals surface area (Å²) in [4.78, 5) is 23.8. The summed E-state index contributed by atoms with van der Waals surface area (Å²) >= 11 is 1.29. The summed E-state index contributed by atoms with van der Waals surface area (Å²) < 4.78 is 10.8. The summed E-state index contributed by atoms with van der Waals surface area (Å²) in [6, 6.07) is 10.5. The number of amides is 2. The van der Waals surface area contributed by atoms with Crippen molar-refractivity contribution in [2.75, 3.05) is 13.2 Å². The molecule has 0 fully saturated rings. The monoisotopic (exact) mass is 320 g/mol. The van der Waals surface area contributed by atoms with Crippen molar-refractivity contribution >= 4 is 23.2 Å². The van der Waals surface area contributed by atoms with Gasteiger partial charge in [0.2, 0.25) is 0 Å². The maximum absolute atomic E-state index is 11.7. The SMILES string of the molecule is CCOc1ccccc1OCC(=O)NNC(=O)c1cccs1. The zero-order chi connectivity index (χ0) is 15.8. The van der Waals surface area contributed by atoms with Crippen molar-refractivity contribution in [2.45, 2.75) is 6.92 Å². The minimum absolute atomic E-state index is 0.227. The zero-order valence-electron chi connectivity index (χ0n) is 12.0. The second-order valence-electron chi connectivity index (χ2n) is 4.15. The van der Waals surface area contributed by atoms with Gasteiger partial charge >= 0.3 is 0 Å². The van der Waals surface area contributed by atoms with Gasteiger partial charge in [-0.3, -0.25) is 20.4 Å². The lowest BCUT2D eigenvalue weighted by Gasteiger charge is -2.11. The van der Waals surface area contributed by atoms with Crippen molar-refractivity contribution < 1.29 is 19.1 Å². The molecule has 0 spiro atoms. The Bertz CT molecular complexity index is 628. The van der Waals surface area contributed by atoms with Gasteiger partial charge in [0.25, 0.3) is 11.8 Å². The third kappa shape index (κ3) is 4.49. The minimum Gasteiger partial charge on any atom is -0.490 e. The molecule has 0 radical (unpaired) electrons. The van der Waals surface area contributed by atoms with Crippen molar-refractivity contribution in [1.29, 1.82) is 0 Å². The van der Waals surface area contributed by atoms with E-state index in [4.69, 9.17) is 9.47 Å². The van der Waals surface area contributed by atoms with Crippen LogP contribution in [0.2, 0.25) is 0 Å². The molecule has 116 valence electrons. The van der Waals surface area contributed by atoms with Gasteiger partial charge in [-0.1, -0.05) is 18.2 Å². The van der Waals surface area contributed by atoms with Crippen LogP contribution in [0.4, 0.5) is 0 Å². The number of benzene rings is 1. The molecule has 0 atom stereocenters. The third-order valence-electron chi connectivity index (χ3n) is 2.57. The van der Waals surface area contributed by atoms with Gasteiger partial charge in [-0.05, 0) is 30.5 Å². The van der Waals surface area contributed by atoms with Gasteiger partial charge in [-0.2, -0.15) is 0 Å². The minimum atomic E-state index is -0.462. The number of carbonyl (C=O) groups excluding carboxylic acids is 2. The second-order valence-corrected chi connectivity index (χ2v) is 5.10. The van der Waals surface area contributed by atoms with E-state index < -0.39 is 5.91 Å². The Morgan fingerprint density at radius 1 is 1.05 bits per heavy atom. The normalized spacial score (nSPS) is 9.86. The van der Waals surface area contributed by atoms with Gasteiger partial charge in [-0.25, -0.2) is 0 Å². The van der Waals surface area contributed by atoms with Crippen LogP contribution in [0.15, 0.2) is 41.8 Å². The standard InChI is InChI=1S/C15H16N2O4S/c1-2-20-11-6-3-4-7-12(11)21-10-14(18)16-17-15(19)13-8-5-9-22-13/h3-9H,2,10H2,1H3,(H,16,18)(H,17,19). The van der Waals surface area contributed by atoms with Crippen molar-refractivity contribution in [1.82, 2.24) is 10.9 Å². The summed E-state index contributed by atoms with van der Waals surface area (Å²) in [5.41, 5.74) is 4.62. The van der Waals surface area contributed by atoms with Gasteiger partial charge in [0, 0.05) is 0 Å². The third-order valence-corrected chi connectivity index (χ3v) is 3.44. The number of ether oxygens (including phenoxy) is 2. The molecule has 0 unspecified atom stereocenters. The molecule has 1 aromatic carbocycles. The van der Waals surface area contributed by atoms with E-state index in [2.05, 4.69) is 10.9 Å². The van der Waals surface area contributed by atoms with Gasteiger partial charge in [-0.15, -0.1) is 11.3 Å². The molecule has 0 saturated carbocycles. The highest BCUT2D eigenvalue weighted by Gasteiger charge is 2.10. The van der Waals surface area contributed by atoms with Crippen LogP contribution in [-0.2, 0) is 4.79 Å². The second kappa shape index (κ2) is 8.04. The van der Waals surface area contributed by atoms with Crippen LogP contribution in [0.25, 0.3) is 0 Å². The highest BCUT2D eigenvalue weighted by Crippen LogP contribution is 2.26. The van der Waals surface area contributed by atoms with E-state index in [0.717, 1.165) is 0 Å². The van der Waals surface area contributed by atoms with Crippen LogP contribution < -0.4 is 20.3 Å². The number of carbonyl (C=O) groups is 2. The van der Waals surface area contributed by atoms with Crippen LogP contribution >= 0.6 is 11.3 Å². The van der Waals surface area contributed by atoms with E-state index in [1.165, 1.54) is 11.3 Å².